The van der Waals surface area contributed by atoms with Crippen LogP contribution >= 0.6 is 0 Å². The van der Waals surface area contributed by atoms with Crippen molar-refractivity contribution < 1.29 is 0 Å². The van der Waals surface area contributed by atoms with E-state index in [4.69, 9.17) is 0 Å². The maximum absolute atomic E-state index is 4.35. The lowest BCUT2D eigenvalue weighted by atomic mass is 10.1. The summed E-state index contributed by atoms with van der Waals surface area (Å²) < 4.78 is 2.23. The molecule has 0 fully saturated rings. The lowest BCUT2D eigenvalue weighted by molar-refractivity contribution is 0.206. The third kappa shape index (κ3) is 2.72. The first-order valence-corrected chi connectivity index (χ1v) is 7.29. The molecule has 0 saturated carbocycles. The average Bonchev–Trinajstić information content (AvgIpc) is 2.89. The lowest BCUT2D eigenvalue weighted by Crippen LogP contribution is -2.35. The number of fused-ring (bicyclic) bond motifs is 1. The molecule has 0 aliphatic carbocycles. The summed E-state index contributed by atoms with van der Waals surface area (Å²) in [4.78, 5) is 6.63. The Bertz CT molecular complexity index is 561. The molecule has 3 heterocycles. The highest BCUT2D eigenvalue weighted by Gasteiger charge is 2.21. The van der Waals surface area contributed by atoms with Crippen molar-refractivity contribution in [1.29, 1.82) is 0 Å². The largest absolute Gasteiger partial charge is 0.309 e. The van der Waals surface area contributed by atoms with Crippen LogP contribution < -0.4 is 0 Å². The molecular weight excluding hydrogens is 250 g/mol. The number of aromatic nitrogens is 4. The first-order chi connectivity index (χ1) is 9.74. The van der Waals surface area contributed by atoms with Crippen molar-refractivity contribution >= 4 is 0 Å². The van der Waals surface area contributed by atoms with Gasteiger partial charge in [0.25, 0.3) is 0 Å². The summed E-state index contributed by atoms with van der Waals surface area (Å²) in [5.41, 5.74) is 1.04. The van der Waals surface area contributed by atoms with Gasteiger partial charge in [0.2, 0.25) is 0 Å². The Labute approximate surface area is 119 Å². The summed E-state index contributed by atoms with van der Waals surface area (Å²) in [5.74, 6) is 2.76. The summed E-state index contributed by atoms with van der Waals surface area (Å²) >= 11 is 0. The van der Waals surface area contributed by atoms with Crippen LogP contribution in [0.1, 0.15) is 26.1 Å². The molecule has 0 amide bonds. The topological polar surface area (TPSA) is 46.8 Å². The minimum absolute atomic E-state index is 0.751. The van der Waals surface area contributed by atoms with Gasteiger partial charge in [0.1, 0.15) is 5.82 Å². The molecule has 1 aliphatic rings. The predicted molar refractivity (Wildman–Crippen MR) is 78.0 cm³/mol. The van der Waals surface area contributed by atoms with Crippen LogP contribution in [0, 0.1) is 5.92 Å². The van der Waals surface area contributed by atoms with Crippen LogP contribution in [0.4, 0.5) is 0 Å². The molecule has 2 aromatic heterocycles. The van der Waals surface area contributed by atoms with Crippen LogP contribution in [0.25, 0.3) is 11.4 Å². The number of nitrogens with zero attached hydrogens (tertiary/aromatic N) is 5. The van der Waals surface area contributed by atoms with Crippen LogP contribution in [0.5, 0.6) is 0 Å². The van der Waals surface area contributed by atoms with Crippen molar-refractivity contribution in [2.24, 2.45) is 5.92 Å². The molecule has 1 aliphatic heterocycles. The van der Waals surface area contributed by atoms with Crippen LogP contribution in [0.3, 0.4) is 0 Å². The van der Waals surface area contributed by atoms with Crippen molar-refractivity contribution in [1.82, 2.24) is 24.6 Å². The maximum Gasteiger partial charge on any atom is 0.165 e. The van der Waals surface area contributed by atoms with E-state index in [0.29, 0.717) is 0 Å². The van der Waals surface area contributed by atoms with Gasteiger partial charge in [-0.15, -0.1) is 10.2 Å². The van der Waals surface area contributed by atoms with Crippen molar-refractivity contribution in [3.63, 3.8) is 0 Å². The molecule has 20 heavy (non-hydrogen) atoms. The van der Waals surface area contributed by atoms with Crippen LogP contribution in [0.2, 0.25) is 0 Å². The van der Waals surface area contributed by atoms with E-state index in [-0.39, 0.29) is 0 Å². The fourth-order valence-corrected chi connectivity index (χ4v) is 2.55. The second-order valence-corrected chi connectivity index (χ2v) is 5.79. The number of rotatable bonds is 4. The summed E-state index contributed by atoms with van der Waals surface area (Å²) in [6.45, 7) is 8.63. The standard InChI is InChI=1S/C15H21N5/c1-12(2)5-7-19-8-9-20-14(11-19)17-18-15(20)13-4-3-6-16-10-13/h3-4,6,10,12H,5,7-9,11H2,1-2H3. The highest BCUT2D eigenvalue weighted by molar-refractivity contribution is 5.53. The SMILES string of the molecule is CC(C)CCN1CCn2c(nnc2-c2cccnc2)C1. The maximum atomic E-state index is 4.35. The van der Waals surface area contributed by atoms with Gasteiger partial charge in [-0.1, -0.05) is 13.8 Å². The Kier molecular flexibility index (Phi) is 3.78. The van der Waals surface area contributed by atoms with E-state index in [1.807, 2.05) is 18.3 Å². The van der Waals surface area contributed by atoms with Gasteiger partial charge in [-0.2, -0.15) is 0 Å². The second-order valence-electron chi connectivity index (χ2n) is 5.79. The minimum atomic E-state index is 0.751. The van der Waals surface area contributed by atoms with Crippen LogP contribution in [-0.4, -0.2) is 37.7 Å². The predicted octanol–water partition coefficient (Wildman–Crippen LogP) is 2.20. The Morgan fingerprint density at radius 1 is 1.25 bits per heavy atom. The second kappa shape index (κ2) is 5.71. The van der Waals surface area contributed by atoms with E-state index >= 15 is 0 Å². The Morgan fingerprint density at radius 3 is 2.90 bits per heavy atom. The van der Waals surface area contributed by atoms with E-state index in [1.165, 1.54) is 6.42 Å². The minimum Gasteiger partial charge on any atom is -0.309 e. The third-order valence-electron chi connectivity index (χ3n) is 3.77. The third-order valence-corrected chi connectivity index (χ3v) is 3.77. The molecule has 5 nitrogen and oxygen atoms in total. The zero-order chi connectivity index (χ0) is 13.9. The van der Waals surface area contributed by atoms with E-state index in [0.717, 1.165) is 49.3 Å². The lowest BCUT2D eigenvalue weighted by Gasteiger charge is -2.28. The number of pyridine rings is 1. The zero-order valence-electron chi connectivity index (χ0n) is 12.2. The van der Waals surface area contributed by atoms with Gasteiger partial charge < -0.3 is 4.57 Å². The average molecular weight is 271 g/mol. The van der Waals surface area contributed by atoms with Gasteiger partial charge in [0, 0.05) is 31.0 Å². The van der Waals surface area contributed by atoms with Gasteiger partial charge in [-0.05, 0) is 31.0 Å². The van der Waals surface area contributed by atoms with Gasteiger partial charge in [-0.3, -0.25) is 9.88 Å². The van der Waals surface area contributed by atoms with Gasteiger partial charge in [0.15, 0.2) is 5.82 Å². The molecule has 0 bridgehead atoms. The van der Waals surface area contributed by atoms with Crippen LogP contribution in [-0.2, 0) is 13.1 Å². The normalized spacial score (nSPS) is 15.6. The van der Waals surface area contributed by atoms with Crippen molar-refractivity contribution in [3.8, 4) is 11.4 Å². The zero-order valence-corrected chi connectivity index (χ0v) is 12.2. The van der Waals surface area contributed by atoms with E-state index in [2.05, 4.69) is 38.5 Å². The van der Waals surface area contributed by atoms with Crippen molar-refractivity contribution in [2.45, 2.75) is 33.4 Å². The molecule has 2 aromatic rings. The molecule has 0 unspecified atom stereocenters. The number of hydrogen-bond acceptors (Lipinski definition) is 4. The molecule has 0 radical (unpaired) electrons. The summed E-state index contributed by atoms with van der Waals surface area (Å²) in [7, 11) is 0. The fourth-order valence-electron chi connectivity index (χ4n) is 2.55. The van der Waals surface area contributed by atoms with E-state index in [1.54, 1.807) is 6.20 Å². The Balaban J connectivity index is 1.75. The molecule has 5 heteroatoms. The summed E-state index contributed by atoms with van der Waals surface area (Å²) in [5, 5.41) is 8.70. The van der Waals surface area contributed by atoms with E-state index < -0.39 is 0 Å². The Hall–Kier alpha value is -1.75. The van der Waals surface area contributed by atoms with Crippen molar-refractivity contribution in [2.75, 3.05) is 13.1 Å². The first kappa shape index (κ1) is 13.2. The number of hydrogen-bond donors (Lipinski definition) is 0. The summed E-state index contributed by atoms with van der Waals surface area (Å²) in [6.07, 6.45) is 4.87. The first-order valence-electron chi connectivity index (χ1n) is 7.29. The highest BCUT2D eigenvalue weighted by atomic mass is 15.3. The molecule has 3 rings (SSSR count). The van der Waals surface area contributed by atoms with Crippen LogP contribution in [0.15, 0.2) is 24.5 Å². The van der Waals surface area contributed by atoms with E-state index in [9.17, 15) is 0 Å². The Morgan fingerprint density at radius 2 is 2.15 bits per heavy atom. The summed E-state index contributed by atoms with van der Waals surface area (Å²) in [6, 6.07) is 3.98. The molecular formula is C15H21N5. The van der Waals surface area contributed by atoms with Gasteiger partial charge >= 0.3 is 0 Å². The molecule has 106 valence electrons. The van der Waals surface area contributed by atoms with Crippen molar-refractivity contribution in [3.05, 3.63) is 30.4 Å². The fraction of sp³-hybridized carbons (Fsp3) is 0.533. The molecule has 0 spiro atoms. The smallest absolute Gasteiger partial charge is 0.165 e. The quantitative estimate of drug-likeness (QED) is 0.855. The molecule has 0 atom stereocenters. The molecule has 0 aromatic carbocycles. The van der Waals surface area contributed by atoms with Gasteiger partial charge in [-0.25, -0.2) is 0 Å². The molecule has 0 N–H and O–H groups in total. The molecule has 0 saturated heterocycles. The van der Waals surface area contributed by atoms with Gasteiger partial charge in [0.05, 0.1) is 6.54 Å². The highest BCUT2D eigenvalue weighted by Crippen LogP contribution is 2.21. The monoisotopic (exact) mass is 271 g/mol.